The number of nitrogens with zero attached hydrogens (tertiary/aromatic N) is 3. The minimum absolute atomic E-state index is 0.216. The van der Waals surface area contributed by atoms with Crippen LogP contribution in [-0.4, -0.2) is 81.3 Å². The van der Waals surface area contributed by atoms with Crippen molar-refractivity contribution in [2.75, 3.05) is 52.1 Å². The van der Waals surface area contributed by atoms with Crippen LogP contribution in [0.5, 0.6) is 0 Å². The third-order valence-electron chi connectivity index (χ3n) is 5.27. The average molecular weight is 411 g/mol. The summed E-state index contributed by atoms with van der Waals surface area (Å²) in [4.78, 5) is 16.0. The molecule has 0 radical (unpaired) electrons. The molecule has 1 aromatic carbocycles. The number of amides is 1. The second kappa shape index (κ2) is 9.82. The molecule has 2 rings (SSSR count). The number of aryl methyl sites for hydroxylation is 1. The summed E-state index contributed by atoms with van der Waals surface area (Å²) in [5.74, 6) is -0.216. The zero-order chi connectivity index (χ0) is 20.9. The molecule has 1 heterocycles. The first-order valence-electron chi connectivity index (χ1n) is 9.92. The van der Waals surface area contributed by atoms with Crippen molar-refractivity contribution in [2.45, 2.75) is 44.6 Å². The topological polar surface area (TPSA) is 73.0 Å². The second-order valence-corrected chi connectivity index (χ2v) is 9.69. The van der Waals surface area contributed by atoms with Crippen molar-refractivity contribution >= 4 is 21.6 Å². The molecule has 1 saturated heterocycles. The van der Waals surface area contributed by atoms with Gasteiger partial charge in [-0.3, -0.25) is 9.69 Å². The van der Waals surface area contributed by atoms with Crippen molar-refractivity contribution in [1.82, 2.24) is 14.1 Å². The van der Waals surface area contributed by atoms with Crippen LogP contribution in [0.3, 0.4) is 0 Å². The van der Waals surface area contributed by atoms with Gasteiger partial charge in [-0.05, 0) is 64.6 Å². The van der Waals surface area contributed by atoms with Crippen molar-refractivity contribution < 1.29 is 13.2 Å². The molecule has 0 spiro atoms. The normalized spacial score (nSPS) is 18.2. The predicted molar refractivity (Wildman–Crippen MR) is 113 cm³/mol. The molecule has 0 aliphatic carbocycles. The van der Waals surface area contributed by atoms with Gasteiger partial charge in [0.25, 0.3) is 0 Å². The fraction of sp³-hybridized carbons (Fsp3) is 0.650. The highest BCUT2D eigenvalue weighted by molar-refractivity contribution is 7.89. The maximum Gasteiger partial charge on any atom is 0.243 e. The van der Waals surface area contributed by atoms with Gasteiger partial charge in [-0.2, -0.15) is 4.31 Å². The van der Waals surface area contributed by atoms with E-state index < -0.39 is 10.0 Å². The lowest BCUT2D eigenvalue weighted by Gasteiger charge is -2.30. The van der Waals surface area contributed by atoms with Crippen molar-refractivity contribution in [1.29, 1.82) is 0 Å². The highest BCUT2D eigenvalue weighted by atomic mass is 32.2. The molecule has 7 nitrogen and oxygen atoms in total. The molecule has 1 amide bonds. The number of hydrogen-bond donors (Lipinski definition) is 1. The van der Waals surface area contributed by atoms with Gasteiger partial charge < -0.3 is 10.2 Å². The zero-order valence-corrected chi connectivity index (χ0v) is 18.6. The van der Waals surface area contributed by atoms with Crippen LogP contribution in [0.1, 0.15) is 32.3 Å². The summed E-state index contributed by atoms with van der Waals surface area (Å²) in [7, 11) is 0.226. The van der Waals surface area contributed by atoms with Crippen LogP contribution in [0.2, 0.25) is 0 Å². The monoisotopic (exact) mass is 410 g/mol. The van der Waals surface area contributed by atoms with E-state index in [9.17, 15) is 13.2 Å². The first-order chi connectivity index (χ1) is 13.1. The molecule has 1 aliphatic rings. The molecule has 0 saturated carbocycles. The van der Waals surface area contributed by atoms with Gasteiger partial charge in [0.1, 0.15) is 0 Å². The lowest BCUT2D eigenvalue weighted by molar-refractivity contribution is -0.114. The quantitative estimate of drug-likeness (QED) is 0.674. The van der Waals surface area contributed by atoms with E-state index in [0.717, 1.165) is 31.5 Å². The van der Waals surface area contributed by atoms with Crippen LogP contribution in [0.25, 0.3) is 0 Å². The Morgan fingerprint density at radius 2 is 2.00 bits per heavy atom. The summed E-state index contributed by atoms with van der Waals surface area (Å²) in [5, 5.41) is 2.73. The fourth-order valence-corrected chi connectivity index (χ4v) is 5.10. The molecule has 1 aliphatic heterocycles. The van der Waals surface area contributed by atoms with Gasteiger partial charge in [0.15, 0.2) is 0 Å². The van der Waals surface area contributed by atoms with Gasteiger partial charge in [-0.1, -0.05) is 13.0 Å². The molecule has 1 N–H and O–H groups in total. The zero-order valence-electron chi connectivity index (χ0n) is 17.7. The number of rotatable bonds is 9. The summed E-state index contributed by atoms with van der Waals surface area (Å²) in [5.41, 5.74) is 1.37. The Morgan fingerprint density at radius 1 is 1.29 bits per heavy atom. The molecule has 1 unspecified atom stereocenters. The smallest absolute Gasteiger partial charge is 0.243 e. The van der Waals surface area contributed by atoms with Gasteiger partial charge in [0, 0.05) is 38.3 Å². The molecular formula is C20H34N4O3S. The number of likely N-dealkylation sites (N-methyl/N-ethyl adjacent to an activating group) is 2. The first kappa shape index (κ1) is 22.8. The number of carbonyl (C=O) groups is 1. The van der Waals surface area contributed by atoms with Gasteiger partial charge in [-0.15, -0.1) is 0 Å². The van der Waals surface area contributed by atoms with Crippen molar-refractivity contribution in [2.24, 2.45) is 0 Å². The van der Waals surface area contributed by atoms with E-state index in [2.05, 4.69) is 17.1 Å². The lowest BCUT2D eigenvalue weighted by atomic mass is 10.2. The Bertz CT molecular complexity index is 780. The van der Waals surface area contributed by atoms with Gasteiger partial charge in [-0.25, -0.2) is 8.42 Å². The largest absolute Gasteiger partial charge is 0.326 e. The third kappa shape index (κ3) is 5.76. The number of anilines is 1. The summed E-state index contributed by atoms with van der Waals surface area (Å²) in [6.07, 6.45) is 2.13. The van der Waals surface area contributed by atoms with E-state index in [-0.39, 0.29) is 16.8 Å². The lowest BCUT2D eigenvalue weighted by Crippen LogP contribution is -2.45. The van der Waals surface area contributed by atoms with Crippen molar-refractivity contribution in [3.8, 4) is 0 Å². The summed E-state index contributed by atoms with van der Waals surface area (Å²) in [6.45, 7) is 8.94. The van der Waals surface area contributed by atoms with Crippen LogP contribution >= 0.6 is 0 Å². The predicted octanol–water partition coefficient (Wildman–Crippen LogP) is 1.99. The van der Waals surface area contributed by atoms with Crippen LogP contribution < -0.4 is 5.32 Å². The first-order valence-corrected chi connectivity index (χ1v) is 11.4. The minimum Gasteiger partial charge on any atom is -0.326 e. The van der Waals surface area contributed by atoms with Gasteiger partial charge in [0.05, 0.1) is 4.90 Å². The van der Waals surface area contributed by atoms with Crippen molar-refractivity contribution in [3.63, 3.8) is 0 Å². The Hall–Kier alpha value is -1.48. The van der Waals surface area contributed by atoms with E-state index in [1.807, 2.05) is 25.9 Å². The molecular weight excluding hydrogens is 376 g/mol. The molecule has 1 aromatic rings. The van der Waals surface area contributed by atoms with E-state index in [4.69, 9.17) is 0 Å². The molecule has 0 bridgehead atoms. The van der Waals surface area contributed by atoms with E-state index in [0.29, 0.717) is 25.3 Å². The number of benzene rings is 1. The molecule has 158 valence electrons. The van der Waals surface area contributed by atoms with Gasteiger partial charge in [0.2, 0.25) is 15.9 Å². The number of sulfonamides is 1. The highest BCUT2D eigenvalue weighted by Gasteiger charge is 2.31. The Balaban J connectivity index is 2.32. The third-order valence-corrected chi connectivity index (χ3v) is 7.13. The summed E-state index contributed by atoms with van der Waals surface area (Å²) in [6, 6.07) is 5.20. The number of nitrogens with one attached hydrogen (secondary N) is 1. The molecule has 1 atom stereocenters. The molecule has 1 fully saturated rings. The Kier molecular flexibility index (Phi) is 8.00. The van der Waals surface area contributed by atoms with E-state index in [1.165, 1.54) is 6.92 Å². The second-order valence-electron chi connectivity index (χ2n) is 7.75. The van der Waals surface area contributed by atoms with Crippen LogP contribution in [-0.2, 0) is 14.8 Å². The Morgan fingerprint density at radius 3 is 2.61 bits per heavy atom. The SMILES string of the molecule is CCN1CCCC1CN(CCN(C)C)S(=O)(=O)c1ccc(C)c(NC(C)=O)c1. The standard InChI is InChI=1S/C20H34N4O3S/c1-6-23-11-7-8-18(23)15-24(13-12-22(4)5)28(26,27)19-10-9-16(2)20(14-19)21-17(3)25/h9-10,14,18H,6-8,11-13,15H2,1-5H3,(H,21,25). The molecule has 0 aromatic heterocycles. The number of hydrogen-bond acceptors (Lipinski definition) is 5. The summed E-state index contributed by atoms with van der Waals surface area (Å²) < 4.78 is 28.5. The van der Waals surface area contributed by atoms with E-state index >= 15 is 0 Å². The van der Waals surface area contributed by atoms with Gasteiger partial charge >= 0.3 is 0 Å². The average Bonchev–Trinajstić information content (AvgIpc) is 3.06. The minimum atomic E-state index is -3.66. The Labute approximate surface area is 169 Å². The fourth-order valence-electron chi connectivity index (χ4n) is 3.61. The number of carbonyl (C=O) groups excluding carboxylic acids is 1. The van der Waals surface area contributed by atoms with Crippen LogP contribution in [0.4, 0.5) is 5.69 Å². The number of likely N-dealkylation sites (tertiary alicyclic amines) is 1. The van der Waals surface area contributed by atoms with Crippen LogP contribution in [0, 0.1) is 6.92 Å². The van der Waals surface area contributed by atoms with E-state index in [1.54, 1.807) is 22.5 Å². The molecule has 28 heavy (non-hydrogen) atoms. The highest BCUT2D eigenvalue weighted by Crippen LogP contribution is 2.25. The summed E-state index contributed by atoms with van der Waals surface area (Å²) >= 11 is 0. The van der Waals surface area contributed by atoms with Crippen LogP contribution in [0.15, 0.2) is 23.1 Å². The molecule has 8 heteroatoms. The maximum absolute atomic E-state index is 13.5. The maximum atomic E-state index is 13.5. The van der Waals surface area contributed by atoms with Crippen molar-refractivity contribution in [3.05, 3.63) is 23.8 Å².